The van der Waals surface area contributed by atoms with Gasteiger partial charge in [-0.05, 0) is 5.92 Å². The van der Waals surface area contributed by atoms with Crippen LogP contribution in [0.4, 0.5) is 4.79 Å². The third-order valence-electron chi connectivity index (χ3n) is 3.56. The maximum atomic E-state index is 12.0. The highest BCUT2D eigenvalue weighted by Crippen LogP contribution is 2.23. The van der Waals surface area contributed by atoms with Crippen LogP contribution < -0.4 is 5.32 Å². The Kier molecular flexibility index (Phi) is 4.26. The standard InChI is InChI=1S/C13H19N3O4/c1-3-9-4-14-11(20-9)5-15-13(19)16-6-8(2)10(7-16)12(17)18/h4,8,10H,3,5-7H2,1-2H3,(H,15,19)(H,17,18). The molecule has 2 rings (SSSR count). The SMILES string of the molecule is CCc1cnc(CNC(=O)N2CC(C)C(C(=O)O)C2)o1. The fraction of sp³-hybridized carbons (Fsp3) is 0.615. The monoisotopic (exact) mass is 281 g/mol. The number of urea groups is 1. The van der Waals surface area contributed by atoms with E-state index in [4.69, 9.17) is 9.52 Å². The van der Waals surface area contributed by atoms with E-state index in [0.717, 1.165) is 12.2 Å². The molecular weight excluding hydrogens is 262 g/mol. The highest BCUT2D eigenvalue weighted by Gasteiger charge is 2.36. The molecule has 0 aromatic carbocycles. The fourth-order valence-corrected chi connectivity index (χ4v) is 2.31. The number of carboxylic acids is 1. The average Bonchev–Trinajstić information content (AvgIpc) is 3.02. The van der Waals surface area contributed by atoms with Gasteiger partial charge in [0, 0.05) is 19.5 Å². The summed E-state index contributed by atoms with van der Waals surface area (Å²) < 4.78 is 5.39. The summed E-state index contributed by atoms with van der Waals surface area (Å²) in [7, 11) is 0. The van der Waals surface area contributed by atoms with Gasteiger partial charge in [-0.3, -0.25) is 4.79 Å². The second-order valence-corrected chi connectivity index (χ2v) is 5.06. The van der Waals surface area contributed by atoms with Gasteiger partial charge in [-0.25, -0.2) is 9.78 Å². The van der Waals surface area contributed by atoms with Crippen molar-refractivity contribution in [1.29, 1.82) is 0 Å². The van der Waals surface area contributed by atoms with Crippen molar-refractivity contribution < 1.29 is 19.1 Å². The molecule has 1 aromatic heterocycles. The minimum atomic E-state index is -0.854. The zero-order valence-electron chi connectivity index (χ0n) is 11.6. The summed E-state index contributed by atoms with van der Waals surface area (Å²) in [6.45, 7) is 4.71. The average molecular weight is 281 g/mol. The number of aryl methyl sites for hydroxylation is 1. The molecule has 0 saturated carbocycles. The summed E-state index contributed by atoms with van der Waals surface area (Å²) in [6, 6.07) is -0.281. The van der Waals surface area contributed by atoms with Gasteiger partial charge in [0.1, 0.15) is 5.76 Å². The van der Waals surface area contributed by atoms with E-state index < -0.39 is 11.9 Å². The zero-order chi connectivity index (χ0) is 14.7. The number of oxazole rings is 1. The van der Waals surface area contributed by atoms with Crippen molar-refractivity contribution in [2.75, 3.05) is 13.1 Å². The smallest absolute Gasteiger partial charge is 0.317 e. The van der Waals surface area contributed by atoms with Crippen LogP contribution in [0, 0.1) is 11.8 Å². The van der Waals surface area contributed by atoms with Crippen LogP contribution in [0.1, 0.15) is 25.5 Å². The van der Waals surface area contributed by atoms with Gasteiger partial charge in [-0.1, -0.05) is 13.8 Å². The normalized spacial score (nSPS) is 22.0. The molecule has 110 valence electrons. The number of hydrogen-bond donors (Lipinski definition) is 2. The molecule has 2 heterocycles. The van der Waals surface area contributed by atoms with Gasteiger partial charge in [-0.15, -0.1) is 0 Å². The lowest BCUT2D eigenvalue weighted by molar-refractivity contribution is -0.142. The third-order valence-corrected chi connectivity index (χ3v) is 3.56. The molecule has 0 spiro atoms. The van der Waals surface area contributed by atoms with Gasteiger partial charge >= 0.3 is 12.0 Å². The molecule has 1 aliphatic heterocycles. The number of aliphatic carboxylic acids is 1. The molecule has 7 heteroatoms. The summed E-state index contributed by atoms with van der Waals surface area (Å²) in [6.07, 6.45) is 2.39. The number of carboxylic acid groups (broad SMARTS) is 1. The molecule has 0 aliphatic carbocycles. The van der Waals surface area contributed by atoms with E-state index in [2.05, 4.69) is 10.3 Å². The molecular formula is C13H19N3O4. The Labute approximate surface area is 117 Å². The van der Waals surface area contributed by atoms with Gasteiger partial charge in [0.25, 0.3) is 0 Å². The quantitative estimate of drug-likeness (QED) is 0.861. The molecule has 7 nitrogen and oxygen atoms in total. The van der Waals surface area contributed by atoms with Crippen molar-refractivity contribution in [1.82, 2.24) is 15.2 Å². The van der Waals surface area contributed by atoms with E-state index in [1.54, 1.807) is 6.20 Å². The number of amides is 2. The largest absolute Gasteiger partial charge is 0.481 e. The maximum absolute atomic E-state index is 12.0. The molecule has 1 fully saturated rings. The number of likely N-dealkylation sites (tertiary alicyclic amines) is 1. The lowest BCUT2D eigenvalue weighted by atomic mass is 9.99. The first kappa shape index (κ1) is 14.4. The lowest BCUT2D eigenvalue weighted by Crippen LogP contribution is -2.38. The van der Waals surface area contributed by atoms with E-state index >= 15 is 0 Å². The molecule has 2 atom stereocenters. The van der Waals surface area contributed by atoms with E-state index in [9.17, 15) is 9.59 Å². The summed E-state index contributed by atoms with van der Waals surface area (Å²) in [5.41, 5.74) is 0. The van der Waals surface area contributed by atoms with Crippen molar-refractivity contribution in [3.63, 3.8) is 0 Å². The number of nitrogens with one attached hydrogen (secondary N) is 1. The Hall–Kier alpha value is -2.05. The Balaban J connectivity index is 1.85. The molecule has 2 amide bonds. The Morgan fingerprint density at radius 2 is 2.30 bits per heavy atom. The number of hydrogen-bond acceptors (Lipinski definition) is 4. The lowest BCUT2D eigenvalue weighted by Gasteiger charge is -2.16. The topological polar surface area (TPSA) is 95.7 Å². The van der Waals surface area contributed by atoms with Crippen molar-refractivity contribution in [2.45, 2.75) is 26.8 Å². The van der Waals surface area contributed by atoms with E-state index in [1.807, 2.05) is 13.8 Å². The van der Waals surface area contributed by atoms with Crippen LogP contribution in [0.5, 0.6) is 0 Å². The summed E-state index contributed by atoms with van der Waals surface area (Å²) in [5.74, 6) is -0.152. The first-order chi connectivity index (χ1) is 9.51. The van der Waals surface area contributed by atoms with Crippen molar-refractivity contribution in [3.8, 4) is 0 Å². The highest BCUT2D eigenvalue weighted by molar-refractivity contribution is 5.77. The number of carbonyl (C=O) groups excluding carboxylic acids is 1. The van der Waals surface area contributed by atoms with Gasteiger partial charge in [0.2, 0.25) is 5.89 Å². The predicted molar refractivity (Wildman–Crippen MR) is 70.0 cm³/mol. The van der Waals surface area contributed by atoms with Crippen LogP contribution in [0.15, 0.2) is 10.6 Å². The fourth-order valence-electron chi connectivity index (χ4n) is 2.31. The molecule has 1 aliphatic rings. The van der Waals surface area contributed by atoms with Crippen LogP contribution in [0.3, 0.4) is 0 Å². The summed E-state index contributed by atoms with van der Waals surface area (Å²) in [5, 5.41) is 11.7. The molecule has 1 saturated heterocycles. The number of nitrogens with zero attached hydrogens (tertiary/aromatic N) is 2. The highest BCUT2D eigenvalue weighted by atomic mass is 16.4. The minimum Gasteiger partial charge on any atom is -0.481 e. The van der Waals surface area contributed by atoms with Crippen LogP contribution >= 0.6 is 0 Å². The van der Waals surface area contributed by atoms with E-state index in [0.29, 0.717) is 12.4 Å². The number of carbonyl (C=O) groups is 2. The van der Waals surface area contributed by atoms with Gasteiger partial charge in [0.05, 0.1) is 18.7 Å². The predicted octanol–water partition coefficient (Wildman–Crippen LogP) is 1.10. The molecule has 2 unspecified atom stereocenters. The molecule has 1 aromatic rings. The molecule has 20 heavy (non-hydrogen) atoms. The molecule has 0 radical (unpaired) electrons. The van der Waals surface area contributed by atoms with Gasteiger partial charge < -0.3 is 19.7 Å². The van der Waals surface area contributed by atoms with Crippen molar-refractivity contribution in [3.05, 3.63) is 17.8 Å². The van der Waals surface area contributed by atoms with Crippen LogP contribution in [-0.2, 0) is 17.8 Å². The summed E-state index contributed by atoms with van der Waals surface area (Å²) in [4.78, 5) is 28.5. The van der Waals surface area contributed by atoms with Crippen molar-refractivity contribution >= 4 is 12.0 Å². The molecule has 0 bridgehead atoms. The maximum Gasteiger partial charge on any atom is 0.317 e. The van der Waals surface area contributed by atoms with Gasteiger partial charge in [-0.2, -0.15) is 0 Å². The van der Waals surface area contributed by atoms with Crippen LogP contribution in [-0.4, -0.2) is 40.1 Å². The zero-order valence-corrected chi connectivity index (χ0v) is 11.6. The van der Waals surface area contributed by atoms with Crippen LogP contribution in [0.25, 0.3) is 0 Å². The van der Waals surface area contributed by atoms with Crippen LogP contribution in [0.2, 0.25) is 0 Å². The Bertz CT molecular complexity index is 500. The molecule has 2 N–H and O–H groups in total. The second-order valence-electron chi connectivity index (χ2n) is 5.06. The Morgan fingerprint density at radius 1 is 1.55 bits per heavy atom. The van der Waals surface area contributed by atoms with Gasteiger partial charge in [0.15, 0.2) is 0 Å². The van der Waals surface area contributed by atoms with E-state index in [-0.39, 0.29) is 25.0 Å². The third kappa shape index (κ3) is 3.09. The Morgan fingerprint density at radius 3 is 2.85 bits per heavy atom. The number of rotatable bonds is 4. The van der Waals surface area contributed by atoms with Crippen molar-refractivity contribution in [2.24, 2.45) is 11.8 Å². The minimum absolute atomic E-state index is 0.0355. The number of aromatic nitrogens is 1. The second kappa shape index (κ2) is 5.94. The van der Waals surface area contributed by atoms with E-state index in [1.165, 1.54) is 4.90 Å². The first-order valence-electron chi connectivity index (χ1n) is 6.70. The summed E-state index contributed by atoms with van der Waals surface area (Å²) >= 11 is 0. The first-order valence-corrected chi connectivity index (χ1v) is 6.70.